The summed E-state index contributed by atoms with van der Waals surface area (Å²) < 4.78 is 16.5. The Morgan fingerprint density at radius 1 is 1.09 bits per heavy atom. The Morgan fingerprint density at radius 3 is 2.58 bits per heavy atom. The van der Waals surface area contributed by atoms with Crippen molar-refractivity contribution in [3.8, 4) is 23.0 Å². The lowest BCUT2D eigenvalue weighted by Crippen LogP contribution is -2.42. The smallest absolute Gasteiger partial charge is 0.226 e. The summed E-state index contributed by atoms with van der Waals surface area (Å²) in [6.45, 7) is 4.14. The number of nitrogens with zero attached hydrogens (tertiary/aromatic N) is 3. The van der Waals surface area contributed by atoms with Gasteiger partial charge in [0, 0.05) is 38.8 Å². The second-order valence-corrected chi connectivity index (χ2v) is 7.86. The van der Waals surface area contributed by atoms with Crippen LogP contribution in [0.4, 0.5) is 0 Å². The summed E-state index contributed by atoms with van der Waals surface area (Å²) in [5, 5.41) is 6.68. The standard InChI is InChI=1S/C25H31N5O3/c1-26-25(28-15-21-17-33-24(29-21)18-7-5-4-6-8-18)27-10-12-30-11-9-19-13-22(31-2)23(32-3)14-20(19)16-30/h4-8,13-14,17H,9-12,15-16H2,1-3H3,(H2,26,27,28). The first kappa shape index (κ1) is 22.7. The summed E-state index contributed by atoms with van der Waals surface area (Å²) in [6, 6.07) is 14.1. The Bertz CT molecular complexity index is 1080. The molecule has 0 unspecified atom stereocenters. The molecule has 1 aromatic heterocycles. The quantitative estimate of drug-likeness (QED) is 0.404. The number of hydrogen-bond acceptors (Lipinski definition) is 6. The number of methoxy groups -OCH3 is 2. The molecule has 8 heteroatoms. The van der Waals surface area contributed by atoms with Crippen molar-refractivity contribution in [2.24, 2.45) is 4.99 Å². The van der Waals surface area contributed by atoms with Crippen LogP contribution in [0.15, 0.2) is 58.1 Å². The van der Waals surface area contributed by atoms with Gasteiger partial charge < -0.3 is 24.5 Å². The Balaban J connectivity index is 1.24. The predicted octanol–water partition coefficient (Wildman–Crippen LogP) is 3.08. The molecule has 0 aliphatic carbocycles. The fourth-order valence-electron chi connectivity index (χ4n) is 3.96. The minimum Gasteiger partial charge on any atom is -0.493 e. The lowest BCUT2D eigenvalue weighted by molar-refractivity contribution is 0.256. The SMILES string of the molecule is CN=C(NCCN1CCc2cc(OC)c(OC)cc2C1)NCc1coc(-c2ccccc2)n1. The Kier molecular flexibility index (Phi) is 7.47. The number of hydrogen-bond donors (Lipinski definition) is 2. The van der Waals surface area contributed by atoms with E-state index >= 15 is 0 Å². The zero-order chi connectivity index (χ0) is 23.0. The van der Waals surface area contributed by atoms with Crippen molar-refractivity contribution in [3.63, 3.8) is 0 Å². The minimum absolute atomic E-state index is 0.536. The molecule has 0 saturated heterocycles. The zero-order valence-corrected chi connectivity index (χ0v) is 19.4. The lowest BCUT2D eigenvalue weighted by Gasteiger charge is -2.29. The van der Waals surface area contributed by atoms with Gasteiger partial charge in [-0.05, 0) is 41.8 Å². The fraction of sp³-hybridized carbons (Fsp3) is 0.360. The molecule has 0 spiro atoms. The second-order valence-electron chi connectivity index (χ2n) is 7.86. The van der Waals surface area contributed by atoms with Gasteiger partial charge in [0.05, 0.1) is 26.5 Å². The fourth-order valence-corrected chi connectivity index (χ4v) is 3.96. The number of nitrogens with one attached hydrogen (secondary N) is 2. The number of aliphatic imine (C=N–C) groups is 1. The number of ether oxygens (including phenoxy) is 2. The molecule has 1 aliphatic rings. The van der Waals surface area contributed by atoms with E-state index < -0.39 is 0 Å². The topological polar surface area (TPSA) is 84.2 Å². The molecule has 0 bridgehead atoms. The molecule has 0 atom stereocenters. The molecule has 1 aliphatic heterocycles. The number of oxazole rings is 1. The van der Waals surface area contributed by atoms with E-state index in [4.69, 9.17) is 13.9 Å². The lowest BCUT2D eigenvalue weighted by atomic mass is 9.99. The van der Waals surface area contributed by atoms with Gasteiger partial charge in [-0.25, -0.2) is 4.98 Å². The maximum absolute atomic E-state index is 5.60. The molecule has 0 radical (unpaired) electrons. The van der Waals surface area contributed by atoms with Crippen LogP contribution in [0.1, 0.15) is 16.8 Å². The van der Waals surface area contributed by atoms with Crippen molar-refractivity contribution in [1.82, 2.24) is 20.5 Å². The molecular weight excluding hydrogens is 418 g/mol. The highest BCUT2D eigenvalue weighted by atomic mass is 16.5. The van der Waals surface area contributed by atoms with Gasteiger partial charge in [-0.2, -0.15) is 0 Å². The third kappa shape index (κ3) is 5.64. The van der Waals surface area contributed by atoms with Crippen LogP contribution in [-0.2, 0) is 19.5 Å². The van der Waals surface area contributed by atoms with Crippen molar-refractivity contribution in [2.75, 3.05) is 40.9 Å². The number of fused-ring (bicyclic) bond motifs is 1. The molecule has 0 saturated carbocycles. The highest BCUT2D eigenvalue weighted by Gasteiger charge is 2.19. The van der Waals surface area contributed by atoms with E-state index in [0.29, 0.717) is 12.4 Å². The Hall–Kier alpha value is -3.52. The Labute approximate surface area is 194 Å². The van der Waals surface area contributed by atoms with Crippen LogP contribution >= 0.6 is 0 Å². The van der Waals surface area contributed by atoms with Crippen LogP contribution in [0.3, 0.4) is 0 Å². The largest absolute Gasteiger partial charge is 0.493 e. The van der Waals surface area contributed by atoms with E-state index in [1.165, 1.54) is 11.1 Å². The molecule has 3 aromatic rings. The van der Waals surface area contributed by atoms with E-state index in [0.717, 1.165) is 61.3 Å². The van der Waals surface area contributed by atoms with Crippen LogP contribution in [0.5, 0.6) is 11.5 Å². The summed E-state index contributed by atoms with van der Waals surface area (Å²) in [5.74, 6) is 2.94. The number of aromatic nitrogens is 1. The van der Waals surface area contributed by atoms with Gasteiger partial charge in [-0.1, -0.05) is 18.2 Å². The second kappa shape index (κ2) is 10.9. The van der Waals surface area contributed by atoms with Gasteiger partial charge >= 0.3 is 0 Å². The predicted molar refractivity (Wildman–Crippen MR) is 129 cm³/mol. The average molecular weight is 450 g/mol. The van der Waals surface area contributed by atoms with E-state index in [9.17, 15) is 0 Å². The summed E-state index contributed by atoms with van der Waals surface area (Å²) in [7, 11) is 5.12. The van der Waals surface area contributed by atoms with Crippen molar-refractivity contribution in [3.05, 3.63) is 65.5 Å². The highest BCUT2D eigenvalue weighted by molar-refractivity contribution is 5.79. The van der Waals surface area contributed by atoms with Crippen molar-refractivity contribution in [1.29, 1.82) is 0 Å². The summed E-state index contributed by atoms with van der Waals surface area (Å²) in [6.07, 6.45) is 2.68. The molecule has 2 aromatic carbocycles. The maximum Gasteiger partial charge on any atom is 0.226 e. The van der Waals surface area contributed by atoms with Crippen molar-refractivity contribution in [2.45, 2.75) is 19.5 Å². The molecule has 8 nitrogen and oxygen atoms in total. The molecular formula is C25H31N5O3. The van der Waals surface area contributed by atoms with Crippen LogP contribution in [-0.4, -0.2) is 56.7 Å². The van der Waals surface area contributed by atoms with Gasteiger partial charge in [0.15, 0.2) is 17.5 Å². The molecule has 174 valence electrons. The van der Waals surface area contributed by atoms with E-state index in [-0.39, 0.29) is 0 Å². The molecule has 0 amide bonds. The summed E-state index contributed by atoms with van der Waals surface area (Å²) in [4.78, 5) is 11.3. The van der Waals surface area contributed by atoms with Crippen molar-refractivity contribution >= 4 is 5.96 Å². The molecule has 4 rings (SSSR count). The van der Waals surface area contributed by atoms with Crippen LogP contribution in [0.25, 0.3) is 11.5 Å². The third-order valence-corrected chi connectivity index (χ3v) is 5.75. The Morgan fingerprint density at radius 2 is 1.85 bits per heavy atom. The number of guanidine groups is 1. The molecule has 0 fully saturated rings. The van der Waals surface area contributed by atoms with Crippen molar-refractivity contribution < 1.29 is 13.9 Å². The molecule has 33 heavy (non-hydrogen) atoms. The van der Waals surface area contributed by atoms with Gasteiger partial charge in [0.2, 0.25) is 5.89 Å². The third-order valence-electron chi connectivity index (χ3n) is 5.75. The van der Waals surface area contributed by atoms with E-state index in [2.05, 4.69) is 37.6 Å². The van der Waals surface area contributed by atoms with Gasteiger partial charge in [-0.3, -0.25) is 9.89 Å². The zero-order valence-electron chi connectivity index (χ0n) is 19.4. The van der Waals surface area contributed by atoms with Gasteiger partial charge in [-0.15, -0.1) is 0 Å². The molecule has 2 heterocycles. The van der Waals surface area contributed by atoms with Crippen LogP contribution in [0.2, 0.25) is 0 Å². The number of rotatable bonds is 8. The molecule has 2 N–H and O–H groups in total. The van der Waals surface area contributed by atoms with Crippen LogP contribution < -0.4 is 20.1 Å². The number of benzene rings is 2. The normalized spacial score (nSPS) is 14.0. The first-order valence-electron chi connectivity index (χ1n) is 11.1. The first-order valence-corrected chi connectivity index (χ1v) is 11.1. The van der Waals surface area contributed by atoms with Gasteiger partial charge in [0.1, 0.15) is 6.26 Å². The first-order chi connectivity index (χ1) is 16.2. The van der Waals surface area contributed by atoms with Gasteiger partial charge in [0.25, 0.3) is 0 Å². The van der Waals surface area contributed by atoms with E-state index in [1.54, 1.807) is 27.5 Å². The maximum atomic E-state index is 5.60. The summed E-state index contributed by atoms with van der Waals surface area (Å²) >= 11 is 0. The minimum atomic E-state index is 0.536. The van der Waals surface area contributed by atoms with E-state index in [1.807, 2.05) is 30.3 Å². The monoisotopic (exact) mass is 449 g/mol. The van der Waals surface area contributed by atoms with Crippen LogP contribution in [0, 0.1) is 0 Å². The summed E-state index contributed by atoms with van der Waals surface area (Å²) in [5.41, 5.74) is 4.41. The highest BCUT2D eigenvalue weighted by Crippen LogP contribution is 2.33. The average Bonchev–Trinajstić information content (AvgIpc) is 3.34.